The normalized spacial score (nSPS) is 30.0. The molecule has 1 aromatic heterocycles. The lowest BCUT2D eigenvalue weighted by Crippen LogP contribution is -2.60. The maximum atomic E-state index is 11.1. The molecule has 1 aliphatic heterocycles. The lowest BCUT2D eigenvalue weighted by molar-refractivity contribution is -0.122. The van der Waals surface area contributed by atoms with Gasteiger partial charge in [0, 0.05) is 18.5 Å². The zero-order valence-corrected chi connectivity index (χ0v) is 8.51. The zero-order chi connectivity index (χ0) is 10.3. The quantitative estimate of drug-likeness (QED) is 0.651. The SMILES string of the molecule is O=C1CNC2(CCCc3occc32)CN1. The van der Waals surface area contributed by atoms with E-state index in [1.807, 2.05) is 6.07 Å². The Morgan fingerprint density at radius 2 is 2.40 bits per heavy atom. The van der Waals surface area contributed by atoms with Crippen LogP contribution in [0.3, 0.4) is 0 Å². The fourth-order valence-electron chi connectivity index (χ4n) is 2.64. The van der Waals surface area contributed by atoms with Crippen LogP contribution < -0.4 is 10.6 Å². The molecule has 1 unspecified atom stereocenters. The van der Waals surface area contributed by atoms with Crippen molar-refractivity contribution in [1.82, 2.24) is 10.6 Å². The predicted molar refractivity (Wildman–Crippen MR) is 54.3 cm³/mol. The largest absolute Gasteiger partial charge is 0.469 e. The first-order valence-electron chi connectivity index (χ1n) is 5.39. The molecule has 1 aliphatic carbocycles. The summed E-state index contributed by atoms with van der Waals surface area (Å²) in [7, 11) is 0. The topological polar surface area (TPSA) is 54.3 Å². The minimum absolute atomic E-state index is 0.0749. The average molecular weight is 206 g/mol. The Kier molecular flexibility index (Phi) is 1.85. The summed E-state index contributed by atoms with van der Waals surface area (Å²) in [6.45, 7) is 1.09. The molecule has 0 saturated carbocycles. The summed E-state index contributed by atoms with van der Waals surface area (Å²) in [5.74, 6) is 1.15. The Morgan fingerprint density at radius 3 is 3.20 bits per heavy atom. The second kappa shape index (κ2) is 3.10. The summed E-state index contributed by atoms with van der Waals surface area (Å²) in [4.78, 5) is 11.1. The molecule has 1 aromatic rings. The van der Waals surface area contributed by atoms with Crippen LogP contribution in [0.25, 0.3) is 0 Å². The fraction of sp³-hybridized carbons (Fsp3) is 0.545. The second-order valence-corrected chi connectivity index (χ2v) is 4.32. The zero-order valence-electron chi connectivity index (χ0n) is 8.51. The third-order valence-corrected chi connectivity index (χ3v) is 3.44. The van der Waals surface area contributed by atoms with E-state index in [1.54, 1.807) is 6.26 Å². The van der Waals surface area contributed by atoms with Crippen LogP contribution in [0, 0.1) is 0 Å². The van der Waals surface area contributed by atoms with Crippen molar-refractivity contribution in [1.29, 1.82) is 0 Å². The van der Waals surface area contributed by atoms with E-state index in [4.69, 9.17) is 4.42 Å². The predicted octanol–water partition coefficient (Wildman–Crippen LogP) is 0.531. The Labute approximate surface area is 88.0 Å². The molecule has 4 heteroatoms. The van der Waals surface area contributed by atoms with E-state index in [1.165, 1.54) is 5.56 Å². The summed E-state index contributed by atoms with van der Waals surface area (Å²) in [6, 6.07) is 2.03. The van der Waals surface area contributed by atoms with Gasteiger partial charge < -0.3 is 9.73 Å². The molecule has 1 atom stereocenters. The minimum Gasteiger partial charge on any atom is -0.469 e. The molecule has 0 radical (unpaired) electrons. The first kappa shape index (κ1) is 8.97. The highest BCUT2D eigenvalue weighted by molar-refractivity contribution is 5.79. The van der Waals surface area contributed by atoms with Gasteiger partial charge in [-0.15, -0.1) is 0 Å². The van der Waals surface area contributed by atoms with Gasteiger partial charge in [-0.05, 0) is 18.9 Å². The summed E-state index contributed by atoms with van der Waals surface area (Å²) in [5, 5.41) is 6.28. The standard InChI is InChI=1S/C11H14N2O2/c14-10-6-13-11(7-12-10)4-1-2-9-8(11)3-5-15-9/h3,5,13H,1-2,4,6-7H2,(H,12,14). The highest BCUT2D eigenvalue weighted by Crippen LogP contribution is 2.36. The molecule has 2 aliphatic rings. The molecule has 1 fully saturated rings. The Hall–Kier alpha value is -1.29. The molecule has 0 bridgehead atoms. The van der Waals surface area contributed by atoms with Crippen molar-refractivity contribution < 1.29 is 9.21 Å². The van der Waals surface area contributed by atoms with Crippen molar-refractivity contribution in [2.45, 2.75) is 24.8 Å². The molecular weight excluding hydrogens is 192 g/mol. The number of furan rings is 1. The monoisotopic (exact) mass is 206 g/mol. The third kappa shape index (κ3) is 1.28. The number of hydrogen-bond acceptors (Lipinski definition) is 3. The van der Waals surface area contributed by atoms with Gasteiger partial charge in [-0.25, -0.2) is 0 Å². The number of piperazine rings is 1. The maximum absolute atomic E-state index is 11.1. The van der Waals surface area contributed by atoms with Crippen molar-refractivity contribution in [2.24, 2.45) is 0 Å². The summed E-state index contributed by atoms with van der Waals surface area (Å²) < 4.78 is 5.46. The number of hydrogen-bond donors (Lipinski definition) is 2. The molecule has 2 N–H and O–H groups in total. The lowest BCUT2D eigenvalue weighted by Gasteiger charge is -2.40. The number of carbonyl (C=O) groups excluding carboxylic acids is 1. The summed E-state index contributed by atoms with van der Waals surface area (Å²) in [6.07, 6.45) is 4.94. The number of aryl methyl sites for hydroxylation is 1. The molecule has 15 heavy (non-hydrogen) atoms. The number of fused-ring (bicyclic) bond motifs is 2. The summed E-state index contributed by atoms with van der Waals surface area (Å²) >= 11 is 0. The Morgan fingerprint density at radius 1 is 1.47 bits per heavy atom. The van der Waals surface area contributed by atoms with E-state index in [0.29, 0.717) is 13.1 Å². The molecular formula is C11H14N2O2. The van der Waals surface area contributed by atoms with Crippen LogP contribution in [0.15, 0.2) is 16.7 Å². The molecule has 2 heterocycles. The maximum Gasteiger partial charge on any atom is 0.234 e. The first-order chi connectivity index (χ1) is 7.30. The van der Waals surface area contributed by atoms with Gasteiger partial charge in [0.25, 0.3) is 0 Å². The van der Waals surface area contributed by atoms with Crippen LogP contribution in [0.2, 0.25) is 0 Å². The number of carbonyl (C=O) groups is 1. The number of rotatable bonds is 0. The fourth-order valence-corrected chi connectivity index (χ4v) is 2.64. The van der Waals surface area contributed by atoms with Crippen LogP contribution in [0.4, 0.5) is 0 Å². The van der Waals surface area contributed by atoms with Crippen LogP contribution in [-0.2, 0) is 16.8 Å². The van der Waals surface area contributed by atoms with E-state index in [2.05, 4.69) is 10.6 Å². The van der Waals surface area contributed by atoms with Crippen LogP contribution in [-0.4, -0.2) is 19.0 Å². The molecule has 1 amide bonds. The van der Waals surface area contributed by atoms with Crippen molar-refractivity contribution in [2.75, 3.05) is 13.1 Å². The van der Waals surface area contributed by atoms with E-state index in [0.717, 1.165) is 25.0 Å². The number of nitrogens with one attached hydrogen (secondary N) is 2. The van der Waals surface area contributed by atoms with E-state index in [9.17, 15) is 4.79 Å². The Balaban J connectivity index is 1.97. The number of amides is 1. The second-order valence-electron chi connectivity index (χ2n) is 4.32. The lowest BCUT2D eigenvalue weighted by atomic mass is 9.79. The van der Waals surface area contributed by atoms with E-state index < -0.39 is 0 Å². The van der Waals surface area contributed by atoms with Gasteiger partial charge >= 0.3 is 0 Å². The molecule has 1 spiro atoms. The van der Waals surface area contributed by atoms with Gasteiger partial charge in [-0.1, -0.05) is 0 Å². The molecule has 80 valence electrons. The smallest absolute Gasteiger partial charge is 0.234 e. The first-order valence-corrected chi connectivity index (χ1v) is 5.39. The molecule has 0 aromatic carbocycles. The molecule has 4 nitrogen and oxygen atoms in total. The minimum atomic E-state index is -0.0749. The van der Waals surface area contributed by atoms with E-state index >= 15 is 0 Å². The van der Waals surface area contributed by atoms with Gasteiger partial charge in [0.15, 0.2) is 0 Å². The Bertz CT molecular complexity index is 387. The van der Waals surface area contributed by atoms with Crippen LogP contribution in [0.5, 0.6) is 0 Å². The van der Waals surface area contributed by atoms with Crippen molar-refractivity contribution in [3.05, 3.63) is 23.7 Å². The molecule has 1 saturated heterocycles. The van der Waals surface area contributed by atoms with Crippen molar-refractivity contribution >= 4 is 5.91 Å². The van der Waals surface area contributed by atoms with Crippen molar-refractivity contribution in [3.8, 4) is 0 Å². The van der Waals surface area contributed by atoms with Gasteiger partial charge in [0.1, 0.15) is 5.76 Å². The van der Waals surface area contributed by atoms with Gasteiger partial charge in [-0.3, -0.25) is 10.1 Å². The highest BCUT2D eigenvalue weighted by Gasteiger charge is 2.40. The van der Waals surface area contributed by atoms with E-state index in [-0.39, 0.29) is 11.4 Å². The van der Waals surface area contributed by atoms with Crippen molar-refractivity contribution in [3.63, 3.8) is 0 Å². The molecule has 3 rings (SSSR count). The van der Waals surface area contributed by atoms with Gasteiger partial charge in [0.2, 0.25) is 5.91 Å². The third-order valence-electron chi connectivity index (χ3n) is 3.44. The highest BCUT2D eigenvalue weighted by atomic mass is 16.3. The van der Waals surface area contributed by atoms with Crippen LogP contribution >= 0.6 is 0 Å². The average Bonchev–Trinajstić information content (AvgIpc) is 2.72. The van der Waals surface area contributed by atoms with Gasteiger partial charge in [0.05, 0.1) is 18.3 Å². The van der Waals surface area contributed by atoms with Gasteiger partial charge in [-0.2, -0.15) is 0 Å². The summed E-state index contributed by atoms with van der Waals surface area (Å²) in [5.41, 5.74) is 1.16. The van der Waals surface area contributed by atoms with Crippen LogP contribution in [0.1, 0.15) is 24.2 Å².